The molecule has 1 aliphatic heterocycles. The zero-order valence-corrected chi connectivity index (χ0v) is 17.1. The summed E-state index contributed by atoms with van der Waals surface area (Å²) in [5.74, 6) is 1.94. The van der Waals surface area contributed by atoms with Gasteiger partial charge in [0.1, 0.15) is 10.8 Å². The van der Waals surface area contributed by atoms with Crippen molar-refractivity contribution in [1.29, 1.82) is 0 Å². The Morgan fingerprint density at radius 1 is 1.37 bits per heavy atom. The molecule has 3 aromatic rings. The summed E-state index contributed by atoms with van der Waals surface area (Å²) in [5.41, 5.74) is 3.55. The van der Waals surface area contributed by atoms with Crippen LogP contribution in [0.3, 0.4) is 0 Å². The number of amides is 1. The van der Waals surface area contributed by atoms with Crippen LogP contribution in [0.15, 0.2) is 28.7 Å². The van der Waals surface area contributed by atoms with Crippen molar-refractivity contribution < 1.29 is 9.21 Å². The third-order valence-corrected chi connectivity index (χ3v) is 5.58. The molecule has 0 spiro atoms. The third-order valence-electron chi connectivity index (χ3n) is 4.53. The van der Waals surface area contributed by atoms with Crippen LogP contribution in [0, 0.1) is 0 Å². The zero-order chi connectivity index (χ0) is 19.4. The molecular formula is C20H26N4O2S. The van der Waals surface area contributed by atoms with Gasteiger partial charge in [-0.2, -0.15) is 0 Å². The van der Waals surface area contributed by atoms with Gasteiger partial charge in [-0.05, 0) is 25.1 Å². The van der Waals surface area contributed by atoms with E-state index in [1.165, 1.54) is 15.2 Å². The average Bonchev–Trinajstić information content (AvgIpc) is 3.27. The highest BCUT2D eigenvalue weighted by atomic mass is 32.1. The number of benzene rings is 1. The maximum atomic E-state index is 9.43. The summed E-state index contributed by atoms with van der Waals surface area (Å²) in [4.78, 5) is 18.1. The fourth-order valence-electron chi connectivity index (χ4n) is 3.11. The van der Waals surface area contributed by atoms with Gasteiger partial charge in [0, 0.05) is 33.3 Å². The van der Waals surface area contributed by atoms with Gasteiger partial charge in [0.05, 0.1) is 22.3 Å². The zero-order valence-electron chi connectivity index (χ0n) is 16.3. The minimum Gasteiger partial charge on any atom is -0.443 e. The number of rotatable bonds is 4. The third kappa shape index (κ3) is 4.14. The molecule has 0 atom stereocenters. The molecule has 2 aromatic heterocycles. The van der Waals surface area contributed by atoms with Crippen molar-refractivity contribution in [3.8, 4) is 10.6 Å². The molecule has 0 bridgehead atoms. The number of likely N-dealkylation sites (N-methyl/N-ethyl adjacent to an activating group) is 1. The van der Waals surface area contributed by atoms with Crippen LogP contribution < -0.4 is 5.32 Å². The molecule has 1 amide bonds. The number of aromatic nitrogens is 1. The monoisotopic (exact) mass is 386 g/mol. The SMILES string of the molecule is CCN1CCc2c(oc(NC)c2-c2nc3ccccc3s2)C1.CN(C)C=O. The smallest absolute Gasteiger partial charge is 0.209 e. The number of furan rings is 1. The van der Waals surface area contributed by atoms with Crippen LogP contribution in [-0.4, -0.2) is 55.4 Å². The van der Waals surface area contributed by atoms with Gasteiger partial charge in [-0.3, -0.25) is 9.69 Å². The second-order valence-electron chi connectivity index (χ2n) is 6.63. The molecule has 3 heterocycles. The van der Waals surface area contributed by atoms with Crippen molar-refractivity contribution in [1.82, 2.24) is 14.8 Å². The van der Waals surface area contributed by atoms with Crippen molar-refractivity contribution in [3.63, 3.8) is 0 Å². The number of anilines is 1. The van der Waals surface area contributed by atoms with E-state index in [4.69, 9.17) is 9.40 Å². The van der Waals surface area contributed by atoms with E-state index in [2.05, 4.69) is 35.3 Å². The van der Waals surface area contributed by atoms with E-state index in [0.717, 1.165) is 60.2 Å². The molecule has 0 radical (unpaired) electrons. The molecule has 1 N–H and O–H groups in total. The molecule has 0 aliphatic carbocycles. The number of carbonyl (C=O) groups excluding carboxylic acids is 1. The second-order valence-corrected chi connectivity index (χ2v) is 7.66. The topological polar surface area (TPSA) is 61.6 Å². The lowest BCUT2D eigenvalue weighted by Crippen LogP contribution is -2.29. The van der Waals surface area contributed by atoms with Gasteiger partial charge >= 0.3 is 0 Å². The first-order valence-corrected chi connectivity index (χ1v) is 9.91. The molecule has 1 aromatic carbocycles. The summed E-state index contributed by atoms with van der Waals surface area (Å²) in [7, 11) is 5.29. The highest BCUT2D eigenvalue weighted by Gasteiger charge is 2.27. The van der Waals surface area contributed by atoms with Crippen LogP contribution in [0.5, 0.6) is 0 Å². The molecule has 0 saturated heterocycles. The summed E-state index contributed by atoms with van der Waals surface area (Å²) in [5, 5.41) is 4.27. The first-order chi connectivity index (χ1) is 13.1. The van der Waals surface area contributed by atoms with Crippen LogP contribution in [0.25, 0.3) is 20.8 Å². The Hall–Kier alpha value is -2.38. The Bertz CT molecular complexity index is 883. The predicted octanol–water partition coefficient (Wildman–Crippen LogP) is 3.68. The lowest BCUT2D eigenvalue weighted by Gasteiger charge is -2.24. The Morgan fingerprint density at radius 2 is 2.11 bits per heavy atom. The van der Waals surface area contributed by atoms with Crippen LogP contribution in [0.4, 0.5) is 5.88 Å². The molecule has 0 unspecified atom stereocenters. The largest absolute Gasteiger partial charge is 0.443 e. The standard InChI is InChI=1S/C17H19N3OS.C3H7NO/c1-3-20-9-8-11-13(10-20)21-16(18-2)15(11)17-19-12-6-4-5-7-14(12)22-17;1-4(2)3-5/h4-7,18H,3,8-10H2,1-2H3;3H,1-2H3. The quantitative estimate of drug-likeness (QED) is 0.693. The van der Waals surface area contributed by atoms with E-state index >= 15 is 0 Å². The molecule has 1 aliphatic rings. The van der Waals surface area contributed by atoms with Gasteiger partial charge < -0.3 is 14.6 Å². The van der Waals surface area contributed by atoms with Gasteiger partial charge in [0.15, 0.2) is 0 Å². The number of hydrogen-bond acceptors (Lipinski definition) is 6. The van der Waals surface area contributed by atoms with Crippen LogP contribution in [0.2, 0.25) is 0 Å². The maximum Gasteiger partial charge on any atom is 0.209 e. The van der Waals surface area contributed by atoms with E-state index < -0.39 is 0 Å². The fraction of sp³-hybridized carbons (Fsp3) is 0.400. The Morgan fingerprint density at radius 3 is 2.74 bits per heavy atom. The van der Waals surface area contributed by atoms with Crippen molar-refractivity contribution in [2.24, 2.45) is 0 Å². The van der Waals surface area contributed by atoms with Gasteiger partial charge in [0.2, 0.25) is 12.3 Å². The van der Waals surface area contributed by atoms with Crippen molar-refractivity contribution in [2.45, 2.75) is 19.9 Å². The van der Waals surface area contributed by atoms with Crippen molar-refractivity contribution in [2.75, 3.05) is 39.5 Å². The molecule has 144 valence electrons. The molecule has 27 heavy (non-hydrogen) atoms. The second kappa shape index (κ2) is 8.54. The molecule has 6 nitrogen and oxygen atoms in total. The number of nitrogens with one attached hydrogen (secondary N) is 1. The summed E-state index contributed by atoms with van der Waals surface area (Å²) in [6, 6.07) is 8.29. The normalized spacial score (nSPS) is 13.6. The lowest BCUT2D eigenvalue weighted by molar-refractivity contribution is -0.115. The number of fused-ring (bicyclic) bond motifs is 2. The minimum absolute atomic E-state index is 0.750. The van der Waals surface area contributed by atoms with E-state index in [1.807, 2.05) is 13.1 Å². The number of para-hydroxylation sites is 1. The molecule has 4 rings (SSSR count). The molecule has 0 saturated carbocycles. The fourth-order valence-corrected chi connectivity index (χ4v) is 4.14. The van der Waals surface area contributed by atoms with Crippen LogP contribution >= 0.6 is 11.3 Å². The Kier molecular flexibility index (Phi) is 6.13. The molecular weight excluding hydrogens is 360 g/mol. The van der Waals surface area contributed by atoms with E-state index in [9.17, 15) is 4.79 Å². The highest BCUT2D eigenvalue weighted by molar-refractivity contribution is 7.21. The number of hydrogen-bond donors (Lipinski definition) is 1. The first-order valence-electron chi connectivity index (χ1n) is 9.09. The molecule has 7 heteroatoms. The first kappa shape index (κ1) is 19.4. The van der Waals surface area contributed by atoms with Crippen molar-refractivity contribution in [3.05, 3.63) is 35.6 Å². The van der Waals surface area contributed by atoms with Gasteiger partial charge in [0.25, 0.3) is 0 Å². The van der Waals surface area contributed by atoms with E-state index in [-0.39, 0.29) is 0 Å². The van der Waals surface area contributed by atoms with Crippen LogP contribution in [0.1, 0.15) is 18.2 Å². The average molecular weight is 387 g/mol. The van der Waals surface area contributed by atoms with E-state index in [1.54, 1.807) is 25.4 Å². The number of thiazole rings is 1. The summed E-state index contributed by atoms with van der Waals surface area (Å²) >= 11 is 1.74. The van der Waals surface area contributed by atoms with E-state index in [0.29, 0.717) is 0 Å². The van der Waals surface area contributed by atoms with Gasteiger partial charge in [-0.15, -0.1) is 11.3 Å². The lowest BCUT2D eigenvalue weighted by atomic mass is 10.0. The minimum atomic E-state index is 0.750. The highest BCUT2D eigenvalue weighted by Crippen LogP contribution is 2.42. The summed E-state index contributed by atoms with van der Waals surface area (Å²) < 4.78 is 7.31. The summed E-state index contributed by atoms with van der Waals surface area (Å²) in [6.45, 7) is 5.24. The summed E-state index contributed by atoms with van der Waals surface area (Å²) in [6.07, 6.45) is 1.78. The number of nitrogens with zero attached hydrogens (tertiary/aromatic N) is 3. The van der Waals surface area contributed by atoms with Gasteiger partial charge in [-0.1, -0.05) is 19.1 Å². The number of carbonyl (C=O) groups is 1. The van der Waals surface area contributed by atoms with Crippen molar-refractivity contribution >= 4 is 33.8 Å². The Balaban J connectivity index is 0.000000376. The van der Waals surface area contributed by atoms with Crippen LogP contribution in [-0.2, 0) is 17.8 Å². The molecule has 0 fully saturated rings. The maximum absolute atomic E-state index is 9.43. The van der Waals surface area contributed by atoms with Gasteiger partial charge in [-0.25, -0.2) is 4.98 Å². The Labute approximate surface area is 163 Å². The predicted molar refractivity (Wildman–Crippen MR) is 111 cm³/mol.